The Morgan fingerprint density at radius 2 is 1.16 bits per heavy atom. The van der Waals surface area contributed by atoms with Crippen LogP contribution < -0.4 is 4.90 Å². The Kier molecular flexibility index (Phi) is 8.05. The van der Waals surface area contributed by atoms with E-state index >= 15 is 0 Å². The number of rotatable bonds is 6. The van der Waals surface area contributed by atoms with Gasteiger partial charge in [-0.15, -0.1) is 0 Å². The van der Waals surface area contributed by atoms with Gasteiger partial charge in [0, 0.05) is 38.7 Å². The summed E-state index contributed by atoms with van der Waals surface area (Å²) in [4.78, 5) is 2.57. The summed E-state index contributed by atoms with van der Waals surface area (Å²) < 4.78 is 6.63. The van der Waals surface area contributed by atoms with Crippen LogP contribution in [0.4, 0.5) is 11.4 Å². The van der Waals surface area contributed by atoms with Crippen LogP contribution in [-0.2, 0) is 5.41 Å². The van der Waals surface area contributed by atoms with Gasteiger partial charge in [0.05, 0.1) is 5.69 Å². The average Bonchev–Trinajstić information content (AvgIpc) is 3.80. The first-order valence-electron chi connectivity index (χ1n) is 21.5. The van der Waals surface area contributed by atoms with Crippen molar-refractivity contribution >= 4 is 60.4 Å². The molecule has 0 spiro atoms. The van der Waals surface area contributed by atoms with Gasteiger partial charge in [0.1, 0.15) is 11.2 Å². The number of hydrogen-bond acceptors (Lipinski definition) is 2. The molecule has 61 heavy (non-hydrogen) atoms. The second-order valence-corrected chi connectivity index (χ2v) is 17.1. The highest BCUT2D eigenvalue weighted by atomic mass is 16.3. The van der Waals surface area contributed by atoms with Gasteiger partial charge >= 0.3 is 0 Å². The molecule has 0 amide bonds. The molecule has 0 aliphatic heterocycles. The van der Waals surface area contributed by atoms with Crippen molar-refractivity contribution in [3.8, 4) is 33.4 Å². The lowest BCUT2D eigenvalue weighted by Crippen LogP contribution is -2.21. The molecule has 1 heterocycles. The number of allylic oxidation sites excluding steroid dienone is 4. The normalized spacial score (nSPS) is 14.3. The fourth-order valence-corrected chi connectivity index (χ4v) is 10.4. The summed E-state index contributed by atoms with van der Waals surface area (Å²) in [7, 11) is 0. The van der Waals surface area contributed by atoms with Crippen LogP contribution in [0.15, 0.2) is 210 Å². The van der Waals surface area contributed by atoms with Crippen molar-refractivity contribution in [3.63, 3.8) is 0 Å². The molecule has 2 aliphatic rings. The summed E-state index contributed by atoms with van der Waals surface area (Å²) in [6.07, 6.45) is 6.55. The zero-order chi connectivity index (χ0) is 40.7. The third-order valence-electron chi connectivity index (χ3n) is 13.3. The van der Waals surface area contributed by atoms with Crippen molar-refractivity contribution in [2.45, 2.75) is 32.1 Å². The standard InChI is InChI=1S/C59H43NO/c1-59(2)51-26-9-7-23-49(51)58-52(59)27-14-29-54(58)60(44-33-31-38(32-34-44)40-19-11-20-43(35-40)46-24-12-18-39-15-5-6-21-45(39)46)53-28-10-8-22-47(53)48-25-13-30-55-57(48)50-36-41-16-3-4-17-42(41)37-56(50)61-55/h3-9,11-27,29-37H,10,28H2,1-2H3. The number of nitrogens with zero attached hydrogens (tertiary/aromatic N) is 1. The Bertz CT molecular complexity index is 3440. The number of fused-ring (bicyclic) bond motifs is 8. The highest BCUT2D eigenvalue weighted by Crippen LogP contribution is 2.54. The molecular weight excluding hydrogens is 739 g/mol. The Morgan fingerprint density at radius 3 is 2.05 bits per heavy atom. The van der Waals surface area contributed by atoms with Crippen LogP contribution in [0, 0.1) is 0 Å². The van der Waals surface area contributed by atoms with E-state index in [-0.39, 0.29) is 5.41 Å². The van der Waals surface area contributed by atoms with Gasteiger partial charge in [-0.2, -0.15) is 0 Å². The predicted octanol–water partition coefficient (Wildman–Crippen LogP) is 16.4. The maximum atomic E-state index is 6.63. The van der Waals surface area contributed by atoms with Crippen molar-refractivity contribution in [2.24, 2.45) is 0 Å². The van der Waals surface area contributed by atoms with Crippen molar-refractivity contribution in [2.75, 3.05) is 4.90 Å². The maximum Gasteiger partial charge on any atom is 0.136 e. The second kappa shape index (κ2) is 13.8. The summed E-state index contributed by atoms with van der Waals surface area (Å²) in [5, 5.41) is 7.23. The Morgan fingerprint density at radius 1 is 0.492 bits per heavy atom. The monoisotopic (exact) mass is 781 g/mol. The van der Waals surface area contributed by atoms with Crippen molar-refractivity contribution in [3.05, 3.63) is 223 Å². The lowest BCUT2D eigenvalue weighted by molar-refractivity contribution is 0.660. The first-order valence-corrected chi connectivity index (χ1v) is 21.5. The zero-order valence-corrected chi connectivity index (χ0v) is 34.3. The lowest BCUT2D eigenvalue weighted by Gasteiger charge is -2.33. The molecule has 1 aromatic heterocycles. The van der Waals surface area contributed by atoms with Gasteiger partial charge in [-0.25, -0.2) is 0 Å². The van der Waals surface area contributed by atoms with Crippen molar-refractivity contribution < 1.29 is 4.42 Å². The highest BCUT2D eigenvalue weighted by molar-refractivity contribution is 6.15. The van der Waals surface area contributed by atoms with E-state index in [1.165, 1.54) is 88.6 Å². The van der Waals surface area contributed by atoms with E-state index in [0.717, 1.165) is 40.5 Å². The van der Waals surface area contributed by atoms with E-state index in [0.29, 0.717) is 0 Å². The highest BCUT2D eigenvalue weighted by Gasteiger charge is 2.38. The summed E-state index contributed by atoms with van der Waals surface area (Å²) in [5.74, 6) is 0. The quantitative estimate of drug-likeness (QED) is 0.167. The maximum absolute atomic E-state index is 6.63. The van der Waals surface area contributed by atoms with Gasteiger partial charge in [0.2, 0.25) is 0 Å². The molecule has 9 aromatic carbocycles. The molecule has 0 radical (unpaired) electrons. The molecule has 0 saturated heterocycles. The number of anilines is 2. The van der Waals surface area contributed by atoms with Crippen molar-refractivity contribution in [1.82, 2.24) is 0 Å². The summed E-state index contributed by atoms with van der Waals surface area (Å²) >= 11 is 0. The zero-order valence-electron chi connectivity index (χ0n) is 34.3. The molecule has 2 nitrogen and oxygen atoms in total. The van der Waals surface area contributed by atoms with Gasteiger partial charge in [0.15, 0.2) is 0 Å². The molecule has 12 rings (SSSR count). The summed E-state index contributed by atoms with van der Waals surface area (Å²) in [6.45, 7) is 4.74. The molecule has 0 bridgehead atoms. The van der Waals surface area contributed by atoms with Crippen LogP contribution in [-0.4, -0.2) is 0 Å². The van der Waals surface area contributed by atoms with E-state index in [1.54, 1.807) is 0 Å². The van der Waals surface area contributed by atoms with Gasteiger partial charge in [-0.3, -0.25) is 0 Å². The molecule has 0 unspecified atom stereocenters. The fourth-order valence-electron chi connectivity index (χ4n) is 10.4. The molecular formula is C59H43NO. The van der Waals surface area contributed by atoms with Gasteiger partial charge < -0.3 is 9.32 Å². The number of hydrogen-bond donors (Lipinski definition) is 0. The minimum absolute atomic E-state index is 0.125. The van der Waals surface area contributed by atoms with Crippen LogP contribution >= 0.6 is 0 Å². The topological polar surface area (TPSA) is 16.4 Å². The van der Waals surface area contributed by atoms with Crippen LogP contribution in [0.2, 0.25) is 0 Å². The van der Waals surface area contributed by atoms with Crippen LogP contribution in [0.25, 0.3) is 82.4 Å². The molecule has 290 valence electrons. The average molecular weight is 782 g/mol. The van der Waals surface area contributed by atoms with Gasteiger partial charge in [0.25, 0.3) is 0 Å². The van der Waals surface area contributed by atoms with E-state index in [9.17, 15) is 0 Å². The molecule has 0 atom stereocenters. The van der Waals surface area contributed by atoms with E-state index < -0.39 is 0 Å². The number of furan rings is 1. The predicted molar refractivity (Wildman–Crippen MR) is 257 cm³/mol. The Labute approximate surface area is 356 Å². The smallest absolute Gasteiger partial charge is 0.136 e. The molecule has 0 N–H and O–H groups in total. The molecule has 0 saturated carbocycles. The molecule has 10 aromatic rings. The fraction of sp³-hybridized carbons (Fsp3) is 0.0847. The van der Waals surface area contributed by atoms with Gasteiger partial charge in [-0.05, 0) is 121 Å². The van der Waals surface area contributed by atoms with Gasteiger partial charge in [-0.1, -0.05) is 172 Å². The molecule has 2 aliphatic carbocycles. The Balaban J connectivity index is 1.06. The molecule has 2 heteroatoms. The summed E-state index contributed by atoms with van der Waals surface area (Å²) in [5.41, 5.74) is 18.0. The third-order valence-corrected chi connectivity index (χ3v) is 13.3. The number of benzene rings is 9. The lowest BCUT2D eigenvalue weighted by atomic mass is 9.82. The SMILES string of the molecule is CC1(C)c2ccccc2-c2c(N(C3=C(c4cccc5oc6cc7ccccc7cc6c45)C=CCC3)c3ccc(-c4cccc(-c5cccc6ccccc56)c4)cc3)cccc21. The van der Waals surface area contributed by atoms with E-state index in [4.69, 9.17) is 4.42 Å². The Hall–Kier alpha value is -7.42. The minimum Gasteiger partial charge on any atom is -0.456 e. The van der Waals surface area contributed by atoms with Crippen LogP contribution in [0.1, 0.15) is 43.4 Å². The second-order valence-electron chi connectivity index (χ2n) is 17.1. The largest absolute Gasteiger partial charge is 0.456 e. The first kappa shape index (κ1) is 35.5. The summed E-state index contributed by atoms with van der Waals surface area (Å²) in [6, 6.07) is 69.1. The van der Waals surface area contributed by atoms with Crippen LogP contribution in [0.3, 0.4) is 0 Å². The molecule has 0 fully saturated rings. The van der Waals surface area contributed by atoms with Crippen LogP contribution in [0.5, 0.6) is 0 Å². The van der Waals surface area contributed by atoms with E-state index in [2.05, 4.69) is 219 Å². The third kappa shape index (κ3) is 5.63. The van der Waals surface area contributed by atoms with E-state index in [1.807, 2.05) is 0 Å². The first-order chi connectivity index (χ1) is 30.0. The minimum atomic E-state index is -0.125. The van der Waals surface area contributed by atoms with Crippen molar-refractivity contribution in [1.29, 1.82) is 0 Å².